The Balaban J connectivity index is 1.18. The molecule has 6 rings (SSSR count). The van der Waals surface area contributed by atoms with E-state index in [0.29, 0.717) is 17.7 Å². The molecule has 2 atom stereocenters. The largest absolute Gasteiger partial charge is 0.343 e. The minimum atomic E-state index is -0.670. The molecule has 2 unspecified atom stereocenters. The van der Waals surface area contributed by atoms with Crippen molar-refractivity contribution in [3.05, 3.63) is 71.0 Å². The van der Waals surface area contributed by atoms with Crippen molar-refractivity contribution in [2.45, 2.75) is 36.4 Å². The van der Waals surface area contributed by atoms with Gasteiger partial charge >= 0.3 is 0 Å². The van der Waals surface area contributed by atoms with E-state index in [-0.39, 0.29) is 42.4 Å². The summed E-state index contributed by atoms with van der Waals surface area (Å²) in [6.45, 7) is 0.259. The van der Waals surface area contributed by atoms with E-state index in [1.807, 2.05) is 24.3 Å². The number of thioether (sulfide) groups is 1. The van der Waals surface area contributed by atoms with Gasteiger partial charge in [0.1, 0.15) is 6.04 Å². The lowest BCUT2D eigenvalue weighted by molar-refractivity contribution is -0.136. The first kappa shape index (κ1) is 21.5. The second-order valence-corrected chi connectivity index (χ2v) is 9.73. The van der Waals surface area contributed by atoms with E-state index in [1.54, 1.807) is 36.2 Å². The van der Waals surface area contributed by atoms with Gasteiger partial charge in [-0.3, -0.25) is 24.5 Å². The molecule has 2 N–H and O–H groups in total. The summed E-state index contributed by atoms with van der Waals surface area (Å²) >= 11 is 1.71. The van der Waals surface area contributed by atoms with Crippen LogP contribution in [-0.4, -0.2) is 55.3 Å². The molecule has 10 nitrogen and oxygen atoms in total. The highest BCUT2D eigenvalue weighted by atomic mass is 32.2. The van der Waals surface area contributed by atoms with Gasteiger partial charge in [0, 0.05) is 29.2 Å². The topological polar surface area (TPSA) is 126 Å². The highest BCUT2D eigenvalue weighted by Gasteiger charge is 2.39. The van der Waals surface area contributed by atoms with Gasteiger partial charge in [0.15, 0.2) is 5.69 Å². The summed E-state index contributed by atoms with van der Waals surface area (Å²) in [7, 11) is 0. The van der Waals surface area contributed by atoms with Crippen LogP contribution in [0.1, 0.15) is 50.9 Å². The van der Waals surface area contributed by atoms with Gasteiger partial charge in [-0.1, -0.05) is 23.4 Å². The SMILES string of the molecule is O=C1CCC(N2Cc3cc(-n4cc(C(=O)NC5CSc6ccccc65)nn4)ccc3C2=O)C(=O)N1. The van der Waals surface area contributed by atoms with E-state index in [9.17, 15) is 19.2 Å². The number of carbonyl (C=O) groups is 4. The number of hydrogen-bond donors (Lipinski definition) is 2. The zero-order chi connectivity index (χ0) is 24.1. The van der Waals surface area contributed by atoms with Crippen LogP contribution in [0, 0.1) is 0 Å². The Kier molecular flexibility index (Phi) is 5.14. The monoisotopic (exact) mass is 488 g/mol. The molecular weight excluding hydrogens is 468 g/mol. The maximum Gasteiger partial charge on any atom is 0.273 e. The molecule has 35 heavy (non-hydrogen) atoms. The first-order chi connectivity index (χ1) is 17.0. The fourth-order valence-electron chi connectivity index (χ4n) is 4.71. The van der Waals surface area contributed by atoms with Crippen molar-refractivity contribution in [1.29, 1.82) is 0 Å². The molecule has 3 aliphatic rings. The number of aromatic nitrogens is 3. The van der Waals surface area contributed by atoms with Crippen molar-refractivity contribution < 1.29 is 19.2 Å². The van der Waals surface area contributed by atoms with Gasteiger partial charge in [0.25, 0.3) is 11.8 Å². The third kappa shape index (κ3) is 3.77. The molecule has 3 aliphatic heterocycles. The fourth-order valence-corrected chi connectivity index (χ4v) is 5.87. The molecule has 4 amide bonds. The molecule has 1 saturated heterocycles. The third-order valence-corrected chi connectivity index (χ3v) is 7.69. The zero-order valence-corrected chi connectivity index (χ0v) is 19.2. The Hall–Kier alpha value is -3.99. The second-order valence-electron chi connectivity index (χ2n) is 8.66. The average molecular weight is 489 g/mol. The predicted molar refractivity (Wildman–Crippen MR) is 125 cm³/mol. The molecule has 3 aromatic rings. The minimum absolute atomic E-state index is 0.0851. The molecule has 0 bridgehead atoms. The number of imide groups is 1. The van der Waals surface area contributed by atoms with Crippen molar-refractivity contribution in [1.82, 2.24) is 30.5 Å². The Morgan fingerprint density at radius 2 is 2.00 bits per heavy atom. The van der Waals surface area contributed by atoms with Crippen LogP contribution in [0.15, 0.2) is 53.6 Å². The number of nitrogens with zero attached hydrogens (tertiary/aromatic N) is 4. The number of nitrogens with one attached hydrogen (secondary N) is 2. The fraction of sp³-hybridized carbons (Fsp3) is 0.250. The zero-order valence-electron chi connectivity index (χ0n) is 18.4. The summed E-state index contributed by atoms with van der Waals surface area (Å²) in [5.41, 5.74) is 3.20. The lowest BCUT2D eigenvalue weighted by atomic mass is 10.0. The van der Waals surface area contributed by atoms with Crippen molar-refractivity contribution in [2.75, 3.05) is 5.75 Å². The van der Waals surface area contributed by atoms with E-state index < -0.39 is 11.9 Å². The van der Waals surface area contributed by atoms with Gasteiger partial charge in [-0.25, -0.2) is 4.68 Å². The first-order valence-corrected chi connectivity index (χ1v) is 12.2. The van der Waals surface area contributed by atoms with Gasteiger partial charge in [-0.15, -0.1) is 16.9 Å². The number of rotatable bonds is 4. The molecular formula is C24H20N6O4S. The van der Waals surface area contributed by atoms with E-state index in [4.69, 9.17) is 0 Å². The first-order valence-electron chi connectivity index (χ1n) is 11.2. The highest BCUT2D eigenvalue weighted by molar-refractivity contribution is 7.99. The lowest BCUT2D eigenvalue weighted by Gasteiger charge is -2.29. The normalized spacial score (nSPS) is 21.0. The van der Waals surface area contributed by atoms with Gasteiger partial charge in [0.05, 0.1) is 17.9 Å². The van der Waals surface area contributed by atoms with Gasteiger partial charge < -0.3 is 10.2 Å². The third-order valence-electron chi connectivity index (χ3n) is 6.50. The number of piperidine rings is 1. The van der Waals surface area contributed by atoms with Gasteiger partial charge in [-0.05, 0) is 41.8 Å². The number of hydrogen-bond acceptors (Lipinski definition) is 7. The van der Waals surface area contributed by atoms with Crippen LogP contribution < -0.4 is 10.6 Å². The molecule has 11 heteroatoms. The summed E-state index contributed by atoms with van der Waals surface area (Å²) in [4.78, 5) is 52.1. The number of carbonyl (C=O) groups excluding carboxylic acids is 4. The summed E-state index contributed by atoms with van der Waals surface area (Å²) in [5, 5.41) is 13.5. The number of fused-ring (bicyclic) bond motifs is 2. The molecule has 1 fully saturated rings. The quantitative estimate of drug-likeness (QED) is 0.534. The van der Waals surface area contributed by atoms with Gasteiger partial charge in [0.2, 0.25) is 11.8 Å². The highest BCUT2D eigenvalue weighted by Crippen LogP contribution is 2.37. The molecule has 0 spiro atoms. The van der Waals surface area contributed by atoms with Crippen molar-refractivity contribution >= 4 is 35.4 Å². The van der Waals surface area contributed by atoms with Crippen LogP contribution in [0.25, 0.3) is 5.69 Å². The summed E-state index contributed by atoms with van der Waals surface area (Å²) in [6, 6.07) is 12.5. The van der Waals surface area contributed by atoms with Crippen molar-refractivity contribution in [3.8, 4) is 5.69 Å². The minimum Gasteiger partial charge on any atom is -0.343 e. The summed E-state index contributed by atoms with van der Waals surface area (Å²) in [5.74, 6) is -0.548. The predicted octanol–water partition coefficient (Wildman–Crippen LogP) is 1.61. The van der Waals surface area contributed by atoms with Crippen LogP contribution in [0.2, 0.25) is 0 Å². The Bertz CT molecular complexity index is 1400. The molecule has 0 aliphatic carbocycles. The number of amides is 4. The molecule has 0 saturated carbocycles. The Labute approximate surface area is 204 Å². The molecule has 0 radical (unpaired) electrons. The van der Waals surface area contributed by atoms with E-state index in [1.165, 1.54) is 14.5 Å². The van der Waals surface area contributed by atoms with E-state index >= 15 is 0 Å². The Morgan fingerprint density at radius 1 is 1.14 bits per heavy atom. The lowest BCUT2D eigenvalue weighted by Crippen LogP contribution is -2.52. The van der Waals surface area contributed by atoms with Crippen LogP contribution in [0.4, 0.5) is 0 Å². The van der Waals surface area contributed by atoms with Crippen LogP contribution in [0.5, 0.6) is 0 Å². The summed E-state index contributed by atoms with van der Waals surface area (Å²) in [6.07, 6.45) is 2.07. The standard InChI is InChI=1S/C24H20N6O4S/c31-21-8-7-19(23(33)26-21)29-10-13-9-14(5-6-15(13)24(29)34)30-11-17(27-28-30)22(32)25-18-12-35-20-4-2-1-3-16(18)20/h1-6,9,11,18-19H,7-8,10,12H2,(H,25,32)(H,26,31,33). The smallest absolute Gasteiger partial charge is 0.273 e. The number of benzene rings is 2. The van der Waals surface area contributed by atoms with E-state index in [0.717, 1.165) is 16.9 Å². The maximum absolute atomic E-state index is 12.9. The molecule has 2 aromatic carbocycles. The summed E-state index contributed by atoms with van der Waals surface area (Å²) < 4.78 is 1.49. The van der Waals surface area contributed by atoms with Crippen molar-refractivity contribution in [3.63, 3.8) is 0 Å². The van der Waals surface area contributed by atoms with E-state index in [2.05, 4.69) is 20.9 Å². The average Bonchev–Trinajstić information content (AvgIpc) is 3.57. The van der Waals surface area contributed by atoms with Gasteiger partial charge in [-0.2, -0.15) is 0 Å². The molecule has 1 aromatic heterocycles. The Morgan fingerprint density at radius 3 is 2.86 bits per heavy atom. The second kappa shape index (κ2) is 8.35. The van der Waals surface area contributed by atoms with Crippen LogP contribution >= 0.6 is 11.8 Å². The van der Waals surface area contributed by atoms with Crippen molar-refractivity contribution in [2.24, 2.45) is 0 Å². The molecule has 176 valence electrons. The maximum atomic E-state index is 12.9. The molecule has 4 heterocycles. The van der Waals surface area contributed by atoms with Crippen LogP contribution in [0.3, 0.4) is 0 Å². The van der Waals surface area contributed by atoms with Crippen LogP contribution in [-0.2, 0) is 16.1 Å².